The van der Waals surface area contributed by atoms with Gasteiger partial charge < -0.3 is 5.11 Å². The van der Waals surface area contributed by atoms with Gasteiger partial charge in [-0.1, -0.05) is 24.4 Å². The van der Waals surface area contributed by atoms with Crippen molar-refractivity contribution in [2.45, 2.75) is 36.1 Å². The molecule has 20 heavy (non-hydrogen) atoms. The van der Waals surface area contributed by atoms with Gasteiger partial charge in [-0.2, -0.15) is 4.72 Å². The topological polar surface area (TPSA) is 83.5 Å². The highest BCUT2D eigenvalue weighted by molar-refractivity contribution is 7.89. The van der Waals surface area contributed by atoms with Crippen molar-refractivity contribution in [2.24, 2.45) is 0 Å². The molecule has 0 spiro atoms. The number of carbonyl (C=O) groups is 1. The molecule has 0 aromatic heterocycles. The zero-order valence-electron chi connectivity index (χ0n) is 10.4. The summed E-state index contributed by atoms with van der Waals surface area (Å²) in [6.45, 7) is 0. The lowest BCUT2D eigenvalue weighted by atomic mass is 10.0. The molecule has 110 valence electrons. The molecule has 5 nitrogen and oxygen atoms in total. The molecular formula is C12H13ClFNO4S. The summed E-state index contributed by atoms with van der Waals surface area (Å²) in [5.41, 5.74) is -1.50. The Morgan fingerprint density at radius 3 is 2.45 bits per heavy atom. The zero-order chi connectivity index (χ0) is 15.0. The van der Waals surface area contributed by atoms with E-state index in [0.29, 0.717) is 12.8 Å². The average molecular weight is 322 g/mol. The summed E-state index contributed by atoms with van der Waals surface area (Å²) in [7, 11) is -4.12. The Bertz CT molecular complexity index is 641. The molecule has 1 aromatic carbocycles. The van der Waals surface area contributed by atoms with Crippen LogP contribution < -0.4 is 4.72 Å². The Balaban J connectivity index is 2.38. The summed E-state index contributed by atoms with van der Waals surface area (Å²) >= 11 is 5.72. The van der Waals surface area contributed by atoms with Gasteiger partial charge >= 0.3 is 5.97 Å². The van der Waals surface area contributed by atoms with Crippen LogP contribution in [0.2, 0.25) is 5.02 Å². The van der Waals surface area contributed by atoms with Crippen LogP contribution in [0.25, 0.3) is 0 Å². The first-order chi connectivity index (χ1) is 9.27. The maximum absolute atomic E-state index is 13.0. The van der Waals surface area contributed by atoms with Crippen molar-refractivity contribution in [1.29, 1.82) is 0 Å². The monoisotopic (exact) mass is 321 g/mol. The molecule has 1 aliphatic carbocycles. The molecule has 8 heteroatoms. The predicted molar refractivity (Wildman–Crippen MR) is 70.6 cm³/mol. The molecule has 1 aromatic rings. The number of hydrogen-bond acceptors (Lipinski definition) is 3. The lowest BCUT2D eigenvalue weighted by Crippen LogP contribution is -2.52. The van der Waals surface area contributed by atoms with Crippen LogP contribution in [0.3, 0.4) is 0 Å². The van der Waals surface area contributed by atoms with Crippen LogP contribution in [0.15, 0.2) is 23.1 Å². The summed E-state index contributed by atoms with van der Waals surface area (Å²) in [6, 6.07) is 2.85. The number of rotatable bonds is 4. The van der Waals surface area contributed by atoms with Crippen molar-refractivity contribution >= 4 is 27.6 Å². The van der Waals surface area contributed by atoms with E-state index in [-0.39, 0.29) is 22.8 Å². The molecule has 1 fully saturated rings. The van der Waals surface area contributed by atoms with Gasteiger partial charge in [-0.15, -0.1) is 0 Å². The maximum Gasteiger partial charge on any atom is 0.324 e. The summed E-state index contributed by atoms with van der Waals surface area (Å²) < 4.78 is 39.7. The smallest absolute Gasteiger partial charge is 0.324 e. The van der Waals surface area contributed by atoms with E-state index < -0.39 is 27.3 Å². The molecule has 0 unspecified atom stereocenters. The van der Waals surface area contributed by atoms with E-state index in [9.17, 15) is 22.7 Å². The number of carboxylic acids is 1. The number of hydrogen-bond donors (Lipinski definition) is 2. The summed E-state index contributed by atoms with van der Waals surface area (Å²) in [6.07, 6.45) is 1.71. The summed E-state index contributed by atoms with van der Waals surface area (Å²) in [5.74, 6) is -1.88. The molecule has 2 N–H and O–H groups in total. The van der Waals surface area contributed by atoms with E-state index in [0.717, 1.165) is 18.2 Å². The number of benzene rings is 1. The molecule has 0 saturated heterocycles. The van der Waals surface area contributed by atoms with E-state index in [4.69, 9.17) is 11.6 Å². The number of carboxylic acid groups (broad SMARTS) is 1. The third-order valence-corrected chi connectivity index (χ3v) is 5.40. The van der Waals surface area contributed by atoms with Crippen molar-refractivity contribution in [3.8, 4) is 0 Å². The van der Waals surface area contributed by atoms with E-state index in [1.54, 1.807) is 0 Å². The fraction of sp³-hybridized carbons (Fsp3) is 0.417. The van der Waals surface area contributed by atoms with Gasteiger partial charge in [0.2, 0.25) is 10.0 Å². The highest BCUT2D eigenvalue weighted by Crippen LogP contribution is 2.32. The van der Waals surface area contributed by atoms with E-state index in [1.165, 1.54) is 0 Å². The Morgan fingerprint density at radius 1 is 1.35 bits per heavy atom. The first kappa shape index (κ1) is 15.2. The molecule has 0 heterocycles. The Hall–Kier alpha value is -1.18. The van der Waals surface area contributed by atoms with Crippen LogP contribution in [0.1, 0.15) is 25.7 Å². The molecule has 0 bridgehead atoms. The van der Waals surface area contributed by atoms with Crippen molar-refractivity contribution in [1.82, 2.24) is 4.72 Å². The standard InChI is InChI=1S/C12H13ClFNO4S/c13-9-7-8(14)3-4-10(9)20(18,19)15-12(11(16)17)5-1-2-6-12/h3-4,7,15H,1-2,5-6H2,(H,16,17). The van der Waals surface area contributed by atoms with E-state index in [2.05, 4.69) is 4.72 Å². The van der Waals surface area contributed by atoms with Crippen molar-refractivity contribution in [3.63, 3.8) is 0 Å². The molecule has 2 rings (SSSR count). The van der Waals surface area contributed by atoms with Gasteiger partial charge in [0.15, 0.2) is 0 Å². The van der Waals surface area contributed by atoms with Gasteiger partial charge in [0, 0.05) is 0 Å². The fourth-order valence-corrected chi connectivity index (χ4v) is 4.29. The first-order valence-electron chi connectivity index (χ1n) is 5.99. The Kier molecular flexibility index (Phi) is 4.04. The lowest BCUT2D eigenvalue weighted by Gasteiger charge is -2.25. The second-order valence-electron chi connectivity index (χ2n) is 4.77. The third-order valence-electron chi connectivity index (χ3n) is 3.38. The molecule has 1 aliphatic rings. The van der Waals surface area contributed by atoms with Crippen molar-refractivity contribution in [3.05, 3.63) is 29.0 Å². The van der Waals surface area contributed by atoms with Crippen LogP contribution in [0.4, 0.5) is 4.39 Å². The summed E-state index contributed by atoms with van der Waals surface area (Å²) in [4.78, 5) is 11.0. The van der Waals surface area contributed by atoms with Gasteiger partial charge in [-0.05, 0) is 31.0 Å². The van der Waals surface area contributed by atoms with Crippen LogP contribution in [-0.4, -0.2) is 25.0 Å². The number of aliphatic carboxylic acids is 1. The minimum absolute atomic E-state index is 0.223. The average Bonchev–Trinajstić information content (AvgIpc) is 2.77. The quantitative estimate of drug-likeness (QED) is 0.890. The first-order valence-corrected chi connectivity index (χ1v) is 7.85. The van der Waals surface area contributed by atoms with E-state index >= 15 is 0 Å². The van der Waals surface area contributed by atoms with Crippen molar-refractivity contribution in [2.75, 3.05) is 0 Å². The highest BCUT2D eigenvalue weighted by Gasteiger charge is 2.45. The Morgan fingerprint density at radius 2 is 1.95 bits per heavy atom. The summed E-state index contributed by atoms with van der Waals surface area (Å²) in [5, 5.41) is 8.99. The minimum Gasteiger partial charge on any atom is -0.480 e. The Labute approximate surface area is 120 Å². The largest absolute Gasteiger partial charge is 0.480 e. The van der Waals surface area contributed by atoms with Gasteiger partial charge in [0.05, 0.1) is 5.02 Å². The lowest BCUT2D eigenvalue weighted by molar-refractivity contribution is -0.143. The number of halogens is 2. The second kappa shape index (κ2) is 5.31. The van der Waals surface area contributed by atoms with Gasteiger partial charge in [0.25, 0.3) is 0 Å². The molecule has 0 aliphatic heterocycles. The normalized spacial score (nSPS) is 18.1. The van der Waals surface area contributed by atoms with Crippen LogP contribution in [0, 0.1) is 5.82 Å². The molecule has 0 atom stereocenters. The van der Waals surface area contributed by atoms with E-state index in [1.807, 2.05) is 0 Å². The fourth-order valence-electron chi connectivity index (χ4n) is 2.34. The number of nitrogens with one attached hydrogen (secondary N) is 1. The van der Waals surface area contributed by atoms with Gasteiger partial charge in [-0.25, -0.2) is 12.8 Å². The zero-order valence-corrected chi connectivity index (χ0v) is 12.0. The number of sulfonamides is 1. The maximum atomic E-state index is 13.0. The van der Waals surface area contributed by atoms with Crippen LogP contribution in [0.5, 0.6) is 0 Å². The van der Waals surface area contributed by atoms with Gasteiger partial charge in [0.1, 0.15) is 16.3 Å². The second-order valence-corrected chi connectivity index (χ2v) is 6.83. The van der Waals surface area contributed by atoms with Crippen molar-refractivity contribution < 1.29 is 22.7 Å². The van der Waals surface area contributed by atoms with Crippen LogP contribution >= 0.6 is 11.6 Å². The highest BCUT2D eigenvalue weighted by atomic mass is 35.5. The molecular weight excluding hydrogens is 309 g/mol. The van der Waals surface area contributed by atoms with Gasteiger partial charge in [-0.3, -0.25) is 4.79 Å². The van der Waals surface area contributed by atoms with Crippen LogP contribution in [-0.2, 0) is 14.8 Å². The molecule has 0 amide bonds. The minimum atomic E-state index is -4.12. The molecule has 1 saturated carbocycles. The predicted octanol–water partition coefficient (Wildman–Crippen LogP) is 2.15. The third kappa shape index (κ3) is 2.79. The molecule has 0 radical (unpaired) electrons. The SMILES string of the molecule is O=C(O)C1(NS(=O)(=O)c2ccc(F)cc2Cl)CCCC1.